The van der Waals surface area contributed by atoms with E-state index in [1.54, 1.807) is 6.92 Å². The number of hydrogen-bond acceptors (Lipinski definition) is 4. The molecule has 1 heterocycles. The lowest BCUT2D eigenvalue weighted by atomic mass is 10.2. The van der Waals surface area contributed by atoms with Crippen LogP contribution < -0.4 is 5.32 Å². The molecule has 1 saturated heterocycles. The third kappa shape index (κ3) is 3.52. The van der Waals surface area contributed by atoms with Gasteiger partial charge >= 0.3 is 17.8 Å². The number of hydrogen-bond donors (Lipinski definition) is 1. The Labute approximate surface area is 111 Å². The van der Waals surface area contributed by atoms with E-state index in [0.717, 1.165) is 4.90 Å². The van der Waals surface area contributed by atoms with Gasteiger partial charge in [-0.1, -0.05) is 20.8 Å². The van der Waals surface area contributed by atoms with Gasteiger partial charge in [0, 0.05) is 13.1 Å². The normalized spacial score (nSPS) is 15.7. The van der Waals surface area contributed by atoms with Crippen LogP contribution in [0.15, 0.2) is 0 Å². The fourth-order valence-corrected chi connectivity index (χ4v) is 1.63. The van der Waals surface area contributed by atoms with Gasteiger partial charge in [0.05, 0.1) is 0 Å². The summed E-state index contributed by atoms with van der Waals surface area (Å²) in [4.78, 5) is 48.1. The summed E-state index contributed by atoms with van der Waals surface area (Å²) in [6.07, 6.45) is 0.568. The Morgan fingerprint density at radius 2 is 1.74 bits per heavy atom. The average molecular weight is 269 g/mol. The minimum atomic E-state index is -0.932. The summed E-state index contributed by atoms with van der Waals surface area (Å²) in [6.45, 7) is 5.90. The van der Waals surface area contributed by atoms with Gasteiger partial charge in [-0.25, -0.2) is 9.69 Å². The largest absolute Gasteiger partial charge is 0.354 e. The van der Waals surface area contributed by atoms with Gasteiger partial charge < -0.3 is 5.32 Å². The van der Waals surface area contributed by atoms with Crippen molar-refractivity contribution < 1.29 is 19.2 Å². The molecule has 19 heavy (non-hydrogen) atoms. The fourth-order valence-electron chi connectivity index (χ4n) is 1.63. The molecule has 1 aliphatic heterocycles. The van der Waals surface area contributed by atoms with Gasteiger partial charge in [0.15, 0.2) is 0 Å². The standard InChI is InChI=1S/C12H19N3O4/c1-4-5-14-10(17)11(18)15(12(14)19)7-9(16)13-6-8(2)3/h8H,4-7H2,1-3H3,(H,13,16). The van der Waals surface area contributed by atoms with Crippen molar-refractivity contribution in [3.8, 4) is 0 Å². The molecule has 5 amide bonds. The summed E-state index contributed by atoms with van der Waals surface area (Å²) >= 11 is 0. The van der Waals surface area contributed by atoms with Crippen LogP contribution in [0.2, 0.25) is 0 Å². The third-order valence-corrected chi connectivity index (χ3v) is 2.59. The topological polar surface area (TPSA) is 86.8 Å². The van der Waals surface area contributed by atoms with E-state index in [1.807, 2.05) is 13.8 Å². The predicted octanol–water partition coefficient (Wildman–Crippen LogP) is -0.0406. The maximum Gasteiger partial charge on any atom is 0.334 e. The molecule has 0 aromatic heterocycles. The van der Waals surface area contributed by atoms with E-state index in [9.17, 15) is 19.2 Å². The summed E-state index contributed by atoms with van der Waals surface area (Å²) in [7, 11) is 0. The van der Waals surface area contributed by atoms with Crippen LogP contribution >= 0.6 is 0 Å². The number of rotatable bonds is 6. The van der Waals surface area contributed by atoms with Gasteiger partial charge in [0.2, 0.25) is 5.91 Å². The number of imide groups is 2. The second-order valence-electron chi connectivity index (χ2n) is 4.83. The third-order valence-electron chi connectivity index (χ3n) is 2.59. The zero-order valence-corrected chi connectivity index (χ0v) is 11.4. The Morgan fingerprint density at radius 3 is 2.26 bits per heavy atom. The lowest BCUT2D eigenvalue weighted by molar-refractivity contribution is -0.144. The minimum absolute atomic E-state index is 0.188. The van der Waals surface area contributed by atoms with Gasteiger partial charge in [0.25, 0.3) is 0 Å². The molecule has 0 bridgehead atoms. The van der Waals surface area contributed by atoms with Crippen molar-refractivity contribution in [2.24, 2.45) is 5.92 Å². The minimum Gasteiger partial charge on any atom is -0.354 e. The van der Waals surface area contributed by atoms with Crippen LogP contribution in [0, 0.1) is 5.92 Å². The summed E-state index contributed by atoms with van der Waals surface area (Å²) in [5, 5.41) is 2.60. The Hall–Kier alpha value is -1.92. The van der Waals surface area contributed by atoms with E-state index in [2.05, 4.69) is 5.32 Å². The quantitative estimate of drug-likeness (QED) is 0.541. The summed E-state index contributed by atoms with van der Waals surface area (Å²) in [5.74, 6) is -1.96. The predicted molar refractivity (Wildman–Crippen MR) is 67.0 cm³/mol. The van der Waals surface area contributed by atoms with Crippen LogP contribution in [-0.4, -0.2) is 53.2 Å². The van der Waals surface area contributed by atoms with Crippen LogP contribution in [0.25, 0.3) is 0 Å². The molecule has 0 unspecified atom stereocenters. The molecule has 0 saturated carbocycles. The van der Waals surface area contributed by atoms with Gasteiger partial charge in [0.1, 0.15) is 6.54 Å². The maximum atomic E-state index is 11.8. The summed E-state index contributed by atoms with van der Waals surface area (Å²) < 4.78 is 0. The number of urea groups is 1. The SMILES string of the molecule is CCCN1C(=O)C(=O)N(CC(=O)NCC(C)C)C1=O. The van der Waals surface area contributed by atoms with Crippen molar-refractivity contribution in [1.29, 1.82) is 0 Å². The molecular formula is C12H19N3O4. The molecule has 7 heteroatoms. The first-order valence-corrected chi connectivity index (χ1v) is 6.32. The van der Waals surface area contributed by atoms with E-state index in [4.69, 9.17) is 0 Å². The van der Waals surface area contributed by atoms with E-state index in [0.29, 0.717) is 17.9 Å². The Balaban J connectivity index is 2.63. The molecule has 0 aliphatic carbocycles. The highest BCUT2D eigenvalue weighted by Crippen LogP contribution is 2.11. The first-order chi connectivity index (χ1) is 8.88. The lowest BCUT2D eigenvalue weighted by Gasteiger charge is -2.15. The van der Waals surface area contributed by atoms with Crippen molar-refractivity contribution in [3.05, 3.63) is 0 Å². The molecule has 0 spiro atoms. The first kappa shape index (κ1) is 15.1. The average Bonchev–Trinajstić information content (AvgIpc) is 2.54. The molecule has 0 aromatic carbocycles. The number of carbonyl (C=O) groups is 4. The molecule has 0 radical (unpaired) electrons. The highest BCUT2D eigenvalue weighted by Gasteiger charge is 2.44. The van der Waals surface area contributed by atoms with E-state index in [1.165, 1.54) is 0 Å². The molecule has 7 nitrogen and oxygen atoms in total. The monoisotopic (exact) mass is 269 g/mol. The van der Waals surface area contributed by atoms with Crippen molar-refractivity contribution in [2.75, 3.05) is 19.6 Å². The fraction of sp³-hybridized carbons (Fsp3) is 0.667. The Morgan fingerprint density at radius 1 is 1.16 bits per heavy atom. The van der Waals surface area contributed by atoms with Crippen LogP contribution in [0.3, 0.4) is 0 Å². The second-order valence-corrected chi connectivity index (χ2v) is 4.83. The van der Waals surface area contributed by atoms with Gasteiger partial charge in [-0.2, -0.15) is 0 Å². The second kappa shape index (κ2) is 6.31. The number of nitrogens with zero attached hydrogens (tertiary/aromatic N) is 2. The lowest BCUT2D eigenvalue weighted by Crippen LogP contribution is -2.42. The van der Waals surface area contributed by atoms with Crippen molar-refractivity contribution in [1.82, 2.24) is 15.1 Å². The Kier molecular flexibility index (Phi) is 5.02. The summed E-state index contributed by atoms with van der Waals surface area (Å²) in [6, 6.07) is -0.712. The van der Waals surface area contributed by atoms with Crippen molar-refractivity contribution in [2.45, 2.75) is 27.2 Å². The smallest absolute Gasteiger partial charge is 0.334 e. The van der Waals surface area contributed by atoms with E-state index < -0.39 is 30.3 Å². The molecule has 1 aliphatic rings. The molecule has 1 N–H and O–H groups in total. The molecule has 0 aromatic rings. The Bertz CT molecular complexity index is 406. The molecule has 0 atom stereocenters. The maximum absolute atomic E-state index is 11.8. The number of amides is 5. The number of nitrogens with one attached hydrogen (secondary N) is 1. The van der Waals surface area contributed by atoms with Gasteiger partial charge in [-0.3, -0.25) is 19.3 Å². The van der Waals surface area contributed by atoms with Crippen LogP contribution in [0.1, 0.15) is 27.2 Å². The molecule has 1 rings (SSSR count). The van der Waals surface area contributed by atoms with Crippen molar-refractivity contribution in [3.63, 3.8) is 0 Å². The zero-order chi connectivity index (χ0) is 14.6. The zero-order valence-electron chi connectivity index (χ0n) is 11.4. The van der Waals surface area contributed by atoms with Gasteiger partial charge in [-0.05, 0) is 12.3 Å². The van der Waals surface area contributed by atoms with Crippen LogP contribution in [0.5, 0.6) is 0 Å². The molecule has 1 fully saturated rings. The van der Waals surface area contributed by atoms with E-state index >= 15 is 0 Å². The first-order valence-electron chi connectivity index (χ1n) is 6.32. The van der Waals surface area contributed by atoms with Crippen LogP contribution in [0.4, 0.5) is 4.79 Å². The molecule has 106 valence electrons. The highest BCUT2D eigenvalue weighted by atomic mass is 16.2. The highest BCUT2D eigenvalue weighted by molar-refractivity contribution is 6.45. The van der Waals surface area contributed by atoms with Gasteiger partial charge in [-0.15, -0.1) is 0 Å². The number of carbonyl (C=O) groups excluding carboxylic acids is 4. The van der Waals surface area contributed by atoms with E-state index in [-0.39, 0.29) is 12.5 Å². The summed E-state index contributed by atoms with van der Waals surface area (Å²) in [5.41, 5.74) is 0. The molecular weight excluding hydrogens is 250 g/mol. The van der Waals surface area contributed by atoms with Crippen LogP contribution in [-0.2, 0) is 14.4 Å². The van der Waals surface area contributed by atoms with Crippen molar-refractivity contribution >= 4 is 23.8 Å².